The second kappa shape index (κ2) is 4.40. The highest BCUT2D eigenvalue weighted by molar-refractivity contribution is 5.81. The Labute approximate surface area is 102 Å². The van der Waals surface area contributed by atoms with Gasteiger partial charge in [0.2, 0.25) is 0 Å². The summed E-state index contributed by atoms with van der Waals surface area (Å²) in [7, 11) is 0. The maximum Gasteiger partial charge on any atom is 0.0769 e. The highest BCUT2D eigenvalue weighted by Gasteiger charge is 2.35. The number of hydrogen-bond donors (Lipinski definition) is 1. The lowest BCUT2D eigenvalue weighted by Gasteiger charge is -2.32. The molecule has 0 aliphatic heterocycles. The predicted molar refractivity (Wildman–Crippen MR) is 65.7 cm³/mol. The number of carboxylic acid groups (broad SMARTS) is 1. The molecule has 2 rings (SSSR count). The van der Waals surface area contributed by atoms with Crippen LogP contribution in [0.5, 0.6) is 0 Å². The Morgan fingerprint density at radius 1 is 1.24 bits per heavy atom. The van der Waals surface area contributed by atoms with E-state index in [0.717, 1.165) is 18.5 Å². The van der Waals surface area contributed by atoms with Crippen LogP contribution >= 0.6 is 0 Å². The fourth-order valence-electron chi connectivity index (χ4n) is 2.45. The number of rotatable bonds is 3. The first-order valence-electron chi connectivity index (χ1n) is 6.10. The zero-order chi connectivity index (χ0) is 12.5. The summed E-state index contributed by atoms with van der Waals surface area (Å²) in [5.41, 5.74) is 2.40. The van der Waals surface area contributed by atoms with Crippen LogP contribution in [0.1, 0.15) is 36.8 Å². The molecule has 0 spiro atoms. The maximum absolute atomic E-state index is 11.3. The van der Waals surface area contributed by atoms with Crippen LogP contribution in [0.3, 0.4) is 0 Å². The van der Waals surface area contributed by atoms with Crippen LogP contribution < -0.4 is 10.4 Å². The Bertz CT molecular complexity index is 434. The first kappa shape index (κ1) is 12.0. The van der Waals surface area contributed by atoms with Crippen LogP contribution in [-0.2, 0) is 4.79 Å². The summed E-state index contributed by atoms with van der Waals surface area (Å²) in [5, 5.41) is 14.5. The van der Waals surface area contributed by atoms with Gasteiger partial charge in [-0.2, -0.15) is 0 Å². The van der Waals surface area contributed by atoms with Crippen molar-refractivity contribution in [1.29, 1.82) is 0 Å². The number of aliphatic carboxylic acids is 1. The van der Waals surface area contributed by atoms with Crippen molar-refractivity contribution in [2.45, 2.75) is 45.1 Å². The van der Waals surface area contributed by atoms with E-state index >= 15 is 0 Å². The van der Waals surface area contributed by atoms with E-state index in [-0.39, 0.29) is 0 Å². The lowest BCUT2D eigenvalue weighted by atomic mass is 9.97. The first-order valence-corrected chi connectivity index (χ1v) is 6.10. The molecule has 0 amide bonds. The topological polar surface area (TPSA) is 52.2 Å². The third-order valence-corrected chi connectivity index (χ3v) is 3.74. The number of carboxylic acids is 1. The highest BCUT2D eigenvalue weighted by atomic mass is 16.4. The summed E-state index contributed by atoms with van der Waals surface area (Å²) in [6.45, 7) is 4.07. The zero-order valence-corrected chi connectivity index (χ0v) is 10.4. The number of aryl methyl sites for hydroxylation is 2. The van der Waals surface area contributed by atoms with Crippen molar-refractivity contribution in [2.24, 2.45) is 0 Å². The second-order valence-electron chi connectivity index (χ2n) is 5.00. The molecule has 0 saturated heterocycles. The van der Waals surface area contributed by atoms with Crippen molar-refractivity contribution < 1.29 is 9.90 Å². The van der Waals surface area contributed by atoms with E-state index in [9.17, 15) is 9.90 Å². The molecular formula is C14H18NO2-. The van der Waals surface area contributed by atoms with E-state index < -0.39 is 11.5 Å². The first-order chi connectivity index (χ1) is 8.03. The Kier molecular flexibility index (Phi) is 3.09. The summed E-state index contributed by atoms with van der Waals surface area (Å²) in [6, 6.07) is 5.94. The molecule has 1 saturated carbocycles. The molecule has 1 fully saturated rings. The normalized spacial score (nSPS) is 18.0. The molecule has 0 unspecified atom stereocenters. The number of carbonyl (C=O) groups is 1. The van der Waals surface area contributed by atoms with Crippen molar-refractivity contribution in [2.75, 3.05) is 5.32 Å². The van der Waals surface area contributed by atoms with E-state index in [0.29, 0.717) is 12.8 Å². The number of carbonyl (C=O) groups excluding carboxylic acids is 1. The fraction of sp³-hybridized carbons (Fsp3) is 0.500. The van der Waals surface area contributed by atoms with Gasteiger partial charge in [-0.15, -0.1) is 0 Å². The molecule has 1 aromatic rings. The molecule has 0 atom stereocenters. The third kappa shape index (κ3) is 2.28. The average Bonchev–Trinajstić information content (AvgIpc) is 2.73. The van der Waals surface area contributed by atoms with Crippen molar-refractivity contribution in [3.63, 3.8) is 0 Å². The minimum atomic E-state index is -0.978. The predicted octanol–water partition coefficient (Wildman–Crippen LogP) is 1.78. The van der Waals surface area contributed by atoms with Gasteiger partial charge in [-0.1, -0.05) is 18.9 Å². The molecule has 0 radical (unpaired) electrons. The molecule has 1 aliphatic rings. The van der Waals surface area contributed by atoms with E-state index in [4.69, 9.17) is 0 Å². The molecule has 1 aliphatic carbocycles. The van der Waals surface area contributed by atoms with Gasteiger partial charge in [-0.05, 0) is 49.9 Å². The van der Waals surface area contributed by atoms with Gasteiger partial charge < -0.3 is 15.2 Å². The monoisotopic (exact) mass is 232 g/mol. The summed E-state index contributed by atoms with van der Waals surface area (Å²) < 4.78 is 0. The summed E-state index contributed by atoms with van der Waals surface area (Å²) in [4.78, 5) is 11.3. The molecule has 3 heteroatoms. The Balaban J connectivity index is 2.23. The van der Waals surface area contributed by atoms with Crippen LogP contribution in [0.4, 0.5) is 5.69 Å². The number of anilines is 1. The van der Waals surface area contributed by atoms with Gasteiger partial charge in [0.15, 0.2) is 0 Å². The minimum absolute atomic E-state index is 0.655. The van der Waals surface area contributed by atoms with Gasteiger partial charge in [0.05, 0.1) is 11.5 Å². The lowest BCUT2D eigenvalue weighted by molar-refractivity contribution is -0.311. The van der Waals surface area contributed by atoms with Crippen molar-refractivity contribution >= 4 is 11.7 Å². The third-order valence-electron chi connectivity index (χ3n) is 3.74. The standard InChI is InChI=1S/C14H19NO2/c1-10-5-6-12(9-11(10)2)15-14(13(16)17)7-3-4-8-14/h5-6,9,15H,3-4,7-8H2,1-2H3,(H,16,17)/p-1. The van der Waals surface area contributed by atoms with Gasteiger partial charge in [0.25, 0.3) is 0 Å². The Hall–Kier alpha value is -1.51. The SMILES string of the molecule is Cc1ccc(NC2(C(=O)[O-])CCCC2)cc1C. The van der Waals surface area contributed by atoms with E-state index in [2.05, 4.69) is 5.32 Å². The number of nitrogens with one attached hydrogen (secondary N) is 1. The van der Waals surface area contributed by atoms with Crippen molar-refractivity contribution in [3.8, 4) is 0 Å². The van der Waals surface area contributed by atoms with Crippen LogP contribution in [0.2, 0.25) is 0 Å². The molecule has 3 nitrogen and oxygen atoms in total. The van der Waals surface area contributed by atoms with Gasteiger partial charge in [-0.3, -0.25) is 0 Å². The highest BCUT2D eigenvalue weighted by Crippen LogP contribution is 2.33. The van der Waals surface area contributed by atoms with E-state index in [1.807, 2.05) is 32.0 Å². The van der Waals surface area contributed by atoms with Gasteiger partial charge in [0.1, 0.15) is 0 Å². The van der Waals surface area contributed by atoms with Gasteiger partial charge in [0, 0.05) is 5.69 Å². The molecule has 0 heterocycles. The van der Waals surface area contributed by atoms with Crippen LogP contribution in [0.15, 0.2) is 18.2 Å². The molecule has 17 heavy (non-hydrogen) atoms. The van der Waals surface area contributed by atoms with Gasteiger partial charge in [-0.25, -0.2) is 0 Å². The quantitative estimate of drug-likeness (QED) is 0.864. The molecule has 1 aromatic carbocycles. The maximum atomic E-state index is 11.3. The smallest absolute Gasteiger partial charge is 0.0769 e. The Morgan fingerprint density at radius 2 is 1.88 bits per heavy atom. The minimum Gasteiger partial charge on any atom is -0.548 e. The molecular weight excluding hydrogens is 214 g/mol. The molecule has 0 bridgehead atoms. The largest absolute Gasteiger partial charge is 0.548 e. The summed E-state index contributed by atoms with van der Waals surface area (Å²) in [5.74, 6) is -0.978. The Morgan fingerprint density at radius 3 is 2.41 bits per heavy atom. The average molecular weight is 232 g/mol. The molecule has 1 N–H and O–H groups in total. The number of hydrogen-bond acceptors (Lipinski definition) is 3. The fourth-order valence-corrected chi connectivity index (χ4v) is 2.45. The van der Waals surface area contributed by atoms with Crippen LogP contribution in [0.25, 0.3) is 0 Å². The van der Waals surface area contributed by atoms with Crippen LogP contribution in [0, 0.1) is 13.8 Å². The van der Waals surface area contributed by atoms with Crippen LogP contribution in [-0.4, -0.2) is 11.5 Å². The zero-order valence-electron chi connectivity index (χ0n) is 10.4. The second-order valence-corrected chi connectivity index (χ2v) is 5.00. The van der Waals surface area contributed by atoms with Crippen molar-refractivity contribution in [3.05, 3.63) is 29.3 Å². The molecule has 0 aromatic heterocycles. The summed E-state index contributed by atoms with van der Waals surface area (Å²) in [6.07, 6.45) is 3.21. The van der Waals surface area contributed by atoms with E-state index in [1.165, 1.54) is 11.1 Å². The van der Waals surface area contributed by atoms with E-state index in [1.54, 1.807) is 0 Å². The number of benzene rings is 1. The molecule has 92 valence electrons. The van der Waals surface area contributed by atoms with Crippen molar-refractivity contribution in [1.82, 2.24) is 0 Å². The lowest BCUT2D eigenvalue weighted by Crippen LogP contribution is -2.52. The van der Waals surface area contributed by atoms with Gasteiger partial charge >= 0.3 is 0 Å². The summed E-state index contributed by atoms with van der Waals surface area (Å²) >= 11 is 0.